The maximum atomic E-state index is 10.9. The highest BCUT2D eigenvalue weighted by molar-refractivity contribution is 5.97. The molecular formula is C12H11NO3. The van der Waals surface area contributed by atoms with Gasteiger partial charge < -0.3 is 9.84 Å². The van der Waals surface area contributed by atoms with Gasteiger partial charge in [-0.15, -0.1) is 0 Å². The number of nitrogens with zero attached hydrogens (tertiary/aromatic N) is 1. The second-order valence-corrected chi connectivity index (χ2v) is 3.52. The van der Waals surface area contributed by atoms with Crippen LogP contribution in [0.25, 0.3) is 10.8 Å². The number of aryl methyl sites for hydroxylation is 1. The molecule has 1 N–H and O–H groups in total. The van der Waals surface area contributed by atoms with Crippen LogP contribution in [-0.4, -0.2) is 23.2 Å². The Morgan fingerprint density at radius 1 is 1.38 bits per heavy atom. The fraction of sp³-hybridized carbons (Fsp3) is 0.167. The van der Waals surface area contributed by atoms with Crippen LogP contribution in [-0.2, 0) is 0 Å². The monoisotopic (exact) mass is 217 g/mol. The number of pyridine rings is 1. The molecule has 2 rings (SSSR count). The largest absolute Gasteiger partial charge is 0.481 e. The summed E-state index contributed by atoms with van der Waals surface area (Å²) >= 11 is 0. The van der Waals surface area contributed by atoms with E-state index in [1.807, 2.05) is 6.92 Å². The van der Waals surface area contributed by atoms with Crippen molar-refractivity contribution in [2.75, 3.05) is 7.11 Å². The van der Waals surface area contributed by atoms with Crippen molar-refractivity contribution in [3.8, 4) is 5.88 Å². The second kappa shape index (κ2) is 3.81. The summed E-state index contributed by atoms with van der Waals surface area (Å²) in [4.78, 5) is 15.0. The maximum Gasteiger partial charge on any atom is 0.335 e. The normalized spacial score (nSPS) is 10.4. The van der Waals surface area contributed by atoms with E-state index in [0.29, 0.717) is 5.88 Å². The van der Waals surface area contributed by atoms with Crippen molar-refractivity contribution in [3.05, 3.63) is 35.5 Å². The summed E-state index contributed by atoms with van der Waals surface area (Å²) in [6, 6.07) is 4.91. The van der Waals surface area contributed by atoms with E-state index in [9.17, 15) is 4.79 Å². The molecule has 2 aromatic rings. The molecule has 4 heteroatoms. The zero-order valence-electron chi connectivity index (χ0n) is 9.02. The predicted octanol–water partition coefficient (Wildman–Crippen LogP) is 2.25. The Labute approximate surface area is 92.5 Å². The quantitative estimate of drug-likeness (QED) is 0.838. The molecule has 0 bridgehead atoms. The van der Waals surface area contributed by atoms with Crippen LogP contribution in [0, 0.1) is 6.92 Å². The van der Waals surface area contributed by atoms with Crippen LogP contribution in [0.5, 0.6) is 5.88 Å². The number of fused-ring (bicyclic) bond motifs is 1. The van der Waals surface area contributed by atoms with Gasteiger partial charge in [0, 0.05) is 11.6 Å². The second-order valence-electron chi connectivity index (χ2n) is 3.52. The molecule has 0 saturated carbocycles. The van der Waals surface area contributed by atoms with Gasteiger partial charge >= 0.3 is 5.97 Å². The number of hydrogen-bond acceptors (Lipinski definition) is 3. The van der Waals surface area contributed by atoms with Crippen molar-refractivity contribution >= 4 is 16.7 Å². The molecule has 0 amide bonds. The molecule has 1 aromatic heterocycles. The first kappa shape index (κ1) is 10.4. The molecule has 0 radical (unpaired) electrons. The van der Waals surface area contributed by atoms with Crippen molar-refractivity contribution in [3.63, 3.8) is 0 Å². The number of rotatable bonds is 2. The molecule has 0 aliphatic rings. The minimum atomic E-state index is -0.933. The average Bonchev–Trinajstić information content (AvgIpc) is 2.29. The lowest BCUT2D eigenvalue weighted by molar-refractivity contribution is 0.0697. The highest BCUT2D eigenvalue weighted by Crippen LogP contribution is 2.26. The number of aromatic nitrogens is 1. The fourth-order valence-electron chi connectivity index (χ4n) is 1.65. The van der Waals surface area contributed by atoms with Crippen molar-refractivity contribution < 1.29 is 14.6 Å². The lowest BCUT2D eigenvalue weighted by Crippen LogP contribution is -1.97. The van der Waals surface area contributed by atoms with Crippen molar-refractivity contribution in [2.45, 2.75) is 6.92 Å². The number of carboxylic acids is 1. The van der Waals surface area contributed by atoms with Crippen molar-refractivity contribution in [1.82, 2.24) is 4.98 Å². The summed E-state index contributed by atoms with van der Waals surface area (Å²) in [5.74, 6) is -0.422. The molecule has 0 saturated heterocycles. The van der Waals surface area contributed by atoms with Gasteiger partial charge in [-0.3, -0.25) is 0 Å². The summed E-state index contributed by atoms with van der Waals surface area (Å²) in [5, 5.41) is 10.6. The van der Waals surface area contributed by atoms with E-state index in [1.54, 1.807) is 31.5 Å². The molecule has 0 spiro atoms. The lowest BCUT2D eigenvalue weighted by Gasteiger charge is -2.07. The maximum absolute atomic E-state index is 10.9. The Hall–Kier alpha value is -2.10. The van der Waals surface area contributed by atoms with Crippen molar-refractivity contribution in [2.24, 2.45) is 0 Å². The molecule has 0 unspecified atom stereocenters. The Morgan fingerprint density at radius 2 is 2.12 bits per heavy atom. The topological polar surface area (TPSA) is 59.4 Å². The standard InChI is InChI=1S/C12H11NO3/c1-7-6-13-11(16-2)9-4-3-8(12(14)15)5-10(7)9/h3-6H,1-2H3,(H,14,15). The minimum absolute atomic E-state index is 0.267. The van der Waals surface area contributed by atoms with Gasteiger partial charge in [-0.25, -0.2) is 9.78 Å². The molecule has 0 atom stereocenters. The van der Waals surface area contributed by atoms with Gasteiger partial charge in [0.15, 0.2) is 0 Å². The third kappa shape index (κ3) is 1.58. The van der Waals surface area contributed by atoms with E-state index >= 15 is 0 Å². The Morgan fingerprint density at radius 3 is 2.75 bits per heavy atom. The first-order chi connectivity index (χ1) is 7.63. The van der Waals surface area contributed by atoms with Gasteiger partial charge in [0.25, 0.3) is 0 Å². The Bertz CT molecular complexity index is 563. The number of benzene rings is 1. The van der Waals surface area contributed by atoms with Crippen LogP contribution in [0.2, 0.25) is 0 Å². The number of ether oxygens (including phenoxy) is 1. The van der Waals surface area contributed by atoms with Crippen LogP contribution in [0.3, 0.4) is 0 Å². The first-order valence-electron chi connectivity index (χ1n) is 4.80. The third-order valence-corrected chi connectivity index (χ3v) is 2.49. The molecule has 16 heavy (non-hydrogen) atoms. The first-order valence-corrected chi connectivity index (χ1v) is 4.80. The van der Waals surface area contributed by atoms with Gasteiger partial charge in [-0.05, 0) is 36.1 Å². The molecule has 0 aliphatic heterocycles. The molecular weight excluding hydrogens is 206 g/mol. The number of methoxy groups -OCH3 is 1. The van der Waals surface area contributed by atoms with E-state index in [2.05, 4.69) is 4.98 Å². The number of carbonyl (C=O) groups is 1. The van der Waals surface area contributed by atoms with E-state index in [4.69, 9.17) is 9.84 Å². The molecule has 0 fully saturated rings. The number of hydrogen-bond donors (Lipinski definition) is 1. The van der Waals surface area contributed by atoms with E-state index in [-0.39, 0.29) is 5.56 Å². The fourth-order valence-corrected chi connectivity index (χ4v) is 1.65. The van der Waals surface area contributed by atoms with Crippen LogP contribution in [0.15, 0.2) is 24.4 Å². The number of aromatic carboxylic acids is 1. The van der Waals surface area contributed by atoms with Gasteiger partial charge in [0.05, 0.1) is 12.7 Å². The molecule has 1 aromatic carbocycles. The third-order valence-electron chi connectivity index (χ3n) is 2.49. The van der Waals surface area contributed by atoms with Gasteiger partial charge in [-0.2, -0.15) is 0 Å². The Balaban J connectivity index is 2.77. The predicted molar refractivity (Wildman–Crippen MR) is 60.0 cm³/mol. The zero-order chi connectivity index (χ0) is 11.7. The highest BCUT2D eigenvalue weighted by atomic mass is 16.5. The van der Waals surface area contributed by atoms with Crippen LogP contribution in [0.4, 0.5) is 0 Å². The summed E-state index contributed by atoms with van der Waals surface area (Å²) in [6.45, 7) is 1.89. The smallest absolute Gasteiger partial charge is 0.335 e. The van der Waals surface area contributed by atoms with E-state index in [0.717, 1.165) is 16.3 Å². The lowest BCUT2D eigenvalue weighted by atomic mass is 10.1. The van der Waals surface area contributed by atoms with Crippen LogP contribution >= 0.6 is 0 Å². The summed E-state index contributed by atoms with van der Waals surface area (Å²) in [7, 11) is 1.54. The van der Waals surface area contributed by atoms with Crippen LogP contribution in [0.1, 0.15) is 15.9 Å². The summed E-state index contributed by atoms with van der Waals surface area (Å²) in [5.41, 5.74) is 1.20. The summed E-state index contributed by atoms with van der Waals surface area (Å²) in [6.07, 6.45) is 1.67. The van der Waals surface area contributed by atoms with E-state index < -0.39 is 5.97 Å². The zero-order valence-corrected chi connectivity index (χ0v) is 9.02. The highest BCUT2D eigenvalue weighted by Gasteiger charge is 2.09. The van der Waals surface area contributed by atoms with E-state index in [1.165, 1.54) is 0 Å². The Kier molecular flexibility index (Phi) is 2.48. The van der Waals surface area contributed by atoms with Gasteiger partial charge in [0.2, 0.25) is 5.88 Å². The van der Waals surface area contributed by atoms with Crippen molar-refractivity contribution in [1.29, 1.82) is 0 Å². The molecule has 4 nitrogen and oxygen atoms in total. The summed E-state index contributed by atoms with van der Waals surface area (Å²) < 4.78 is 5.12. The molecule has 1 heterocycles. The molecule has 82 valence electrons. The number of carboxylic acid groups (broad SMARTS) is 1. The average molecular weight is 217 g/mol. The van der Waals surface area contributed by atoms with Gasteiger partial charge in [0.1, 0.15) is 0 Å². The minimum Gasteiger partial charge on any atom is -0.481 e. The van der Waals surface area contributed by atoms with Crippen LogP contribution < -0.4 is 4.74 Å². The van der Waals surface area contributed by atoms with Gasteiger partial charge in [-0.1, -0.05) is 0 Å². The molecule has 0 aliphatic carbocycles. The SMILES string of the molecule is COc1ncc(C)c2cc(C(=O)O)ccc12.